The minimum Gasteiger partial charge on any atom is -0.381 e. The monoisotopic (exact) mass is 260 g/mol. The number of hydrogen-bond acceptors (Lipinski definition) is 3. The fourth-order valence-corrected chi connectivity index (χ4v) is 3.46. The first kappa shape index (κ1) is 12.9. The van der Waals surface area contributed by atoms with Crippen LogP contribution in [0.3, 0.4) is 0 Å². The van der Waals surface area contributed by atoms with Gasteiger partial charge in [0.15, 0.2) is 0 Å². The number of hydrogen-bond donors (Lipinski definition) is 1. The summed E-state index contributed by atoms with van der Waals surface area (Å²) in [6.45, 7) is 6.91. The highest BCUT2D eigenvalue weighted by molar-refractivity contribution is 5.56. The lowest BCUT2D eigenvalue weighted by atomic mass is 9.84. The molecule has 1 aromatic carbocycles. The number of fused-ring (bicyclic) bond motifs is 1. The van der Waals surface area contributed by atoms with Gasteiger partial charge in [0.2, 0.25) is 0 Å². The van der Waals surface area contributed by atoms with E-state index in [1.54, 1.807) is 0 Å². The summed E-state index contributed by atoms with van der Waals surface area (Å²) in [7, 11) is 0. The molecule has 2 atom stereocenters. The van der Waals surface area contributed by atoms with Crippen LogP contribution in [-0.4, -0.2) is 32.8 Å². The van der Waals surface area contributed by atoms with Crippen LogP contribution in [-0.2, 0) is 11.2 Å². The maximum atomic E-state index is 6.03. The lowest BCUT2D eigenvalue weighted by Gasteiger charge is -2.40. The van der Waals surface area contributed by atoms with Crippen LogP contribution >= 0.6 is 0 Å². The molecule has 1 aromatic rings. The third-order valence-corrected chi connectivity index (χ3v) is 4.58. The van der Waals surface area contributed by atoms with Gasteiger partial charge in [-0.3, -0.25) is 0 Å². The molecule has 0 aromatic heterocycles. The minimum atomic E-state index is 0.157. The van der Waals surface area contributed by atoms with Crippen LogP contribution in [0.15, 0.2) is 24.3 Å². The molecule has 1 saturated heterocycles. The highest BCUT2D eigenvalue weighted by atomic mass is 16.5. The molecule has 2 heterocycles. The maximum absolute atomic E-state index is 6.03. The second kappa shape index (κ2) is 5.14. The second-order valence-electron chi connectivity index (χ2n) is 6.33. The number of rotatable bonds is 3. The molecule has 3 heteroatoms. The van der Waals surface area contributed by atoms with Gasteiger partial charge in [0.05, 0.1) is 6.61 Å². The Kier molecular flexibility index (Phi) is 3.50. The van der Waals surface area contributed by atoms with Crippen molar-refractivity contribution in [3.05, 3.63) is 29.8 Å². The molecule has 3 rings (SSSR count). The molecule has 0 radical (unpaired) electrons. The van der Waals surface area contributed by atoms with E-state index in [2.05, 4.69) is 36.1 Å². The van der Waals surface area contributed by atoms with E-state index in [4.69, 9.17) is 10.5 Å². The summed E-state index contributed by atoms with van der Waals surface area (Å²) in [4.78, 5) is 2.53. The summed E-state index contributed by atoms with van der Waals surface area (Å²) in [5, 5.41) is 0. The van der Waals surface area contributed by atoms with Gasteiger partial charge in [0.25, 0.3) is 0 Å². The Morgan fingerprint density at radius 2 is 2.26 bits per heavy atom. The largest absolute Gasteiger partial charge is 0.381 e. The van der Waals surface area contributed by atoms with Crippen molar-refractivity contribution in [2.24, 2.45) is 17.1 Å². The van der Waals surface area contributed by atoms with Crippen molar-refractivity contribution in [2.45, 2.75) is 19.8 Å². The van der Waals surface area contributed by atoms with Crippen molar-refractivity contribution in [3.63, 3.8) is 0 Å². The van der Waals surface area contributed by atoms with Crippen molar-refractivity contribution >= 4 is 5.69 Å². The molecule has 0 bridgehead atoms. The molecule has 19 heavy (non-hydrogen) atoms. The molecule has 104 valence electrons. The Morgan fingerprint density at radius 1 is 1.42 bits per heavy atom. The zero-order chi connectivity index (χ0) is 13.3. The van der Waals surface area contributed by atoms with E-state index in [1.165, 1.54) is 17.7 Å². The van der Waals surface area contributed by atoms with Gasteiger partial charge in [-0.05, 0) is 30.4 Å². The first-order chi connectivity index (χ1) is 9.22. The number of anilines is 1. The molecule has 2 N–H and O–H groups in total. The van der Waals surface area contributed by atoms with Crippen LogP contribution < -0.4 is 10.6 Å². The number of para-hydroxylation sites is 1. The van der Waals surface area contributed by atoms with Gasteiger partial charge in [-0.1, -0.05) is 25.1 Å². The van der Waals surface area contributed by atoms with E-state index < -0.39 is 0 Å². The predicted octanol–water partition coefficient (Wildman–Crippen LogP) is 2.05. The number of nitrogens with two attached hydrogens (primary N) is 1. The quantitative estimate of drug-likeness (QED) is 0.904. The van der Waals surface area contributed by atoms with Gasteiger partial charge in [0, 0.05) is 37.3 Å². The van der Waals surface area contributed by atoms with Gasteiger partial charge >= 0.3 is 0 Å². The normalized spacial score (nSPS) is 30.4. The van der Waals surface area contributed by atoms with Gasteiger partial charge in [-0.15, -0.1) is 0 Å². The van der Waals surface area contributed by atoms with E-state index in [-0.39, 0.29) is 5.41 Å². The van der Waals surface area contributed by atoms with Crippen LogP contribution in [0.25, 0.3) is 0 Å². The summed E-state index contributed by atoms with van der Waals surface area (Å²) in [5.74, 6) is 0.715. The Hall–Kier alpha value is -1.06. The number of nitrogens with zero attached hydrogens (tertiary/aromatic N) is 1. The van der Waals surface area contributed by atoms with E-state index in [9.17, 15) is 0 Å². The highest BCUT2D eigenvalue weighted by Gasteiger charge is 2.37. The summed E-state index contributed by atoms with van der Waals surface area (Å²) < 4.78 is 5.60. The molecular weight excluding hydrogens is 236 g/mol. The molecular formula is C16H24N2O. The molecule has 0 saturated carbocycles. The Balaban J connectivity index is 1.84. The Bertz CT molecular complexity index is 440. The van der Waals surface area contributed by atoms with Crippen molar-refractivity contribution in [1.29, 1.82) is 0 Å². The van der Waals surface area contributed by atoms with Gasteiger partial charge < -0.3 is 15.4 Å². The number of ether oxygens (including phenoxy) is 1. The van der Waals surface area contributed by atoms with Crippen LogP contribution in [0, 0.1) is 11.3 Å². The zero-order valence-corrected chi connectivity index (χ0v) is 11.8. The molecule has 0 amide bonds. The molecule has 1 fully saturated rings. The fourth-order valence-electron chi connectivity index (χ4n) is 3.46. The zero-order valence-electron chi connectivity index (χ0n) is 11.8. The van der Waals surface area contributed by atoms with E-state index >= 15 is 0 Å². The first-order valence-electron chi connectivity index (χ1n) is 7.33. The predicted molar refractivity (Wildman–Crippen MR) is 78.4 cm³/mol. The molecule has 3 nitrogen and oxygen atoms in total. The third kappa shape index (κ3) is 2.49. The lowest BCUT2D eigenvalue weighted by molar-refractivity contribution is 0.156. The van der Waals surface area contributed by atoms with Crippen LogP contribution in [0.2, 0.25) is 0 Å². The molecule has 0 spiro atoms. The smallest absolute Gasteiger partial charge is 0.0552 e. The van der Waals surface area contributed by atoms with Gasteiger partial charge in [-0.2, -0.15) is 0 Å². The van der Waals surface area contributed by atoms with Crippen molar-refractivity contribution in [3.8, 4) is 0 Å². The topological polar surface area (TPSA) is 38.5 Å². The fraction of sp³-hybridized carbons (Fsp3) is 0.625. The standard InChI is InChI=1S/C16H24N2O/c1-13-8-14-4-2-3-5-15(14)18(9-13)11-16(10-17)6-7-19-12-16/h2-5,13H,6-12,17H2,1H3. The van der Waals surface area contributed by atoms with E-state index in [0.29, 0.717) is 5.92 Å². The van der Waals surface area contributed by atoms with Crippen molar-refractivity contribution < 1.29 is 4.74 Å². The summed E-state index contributed by atoms with van der Waals surface area (Å²) in [6.07, 6.45) is 2.29. The van der Waals surface area contributed by atoms with Crippen LogP contribution in [0.4, 0.5) is 5.69 Å². The van der Waals surface area contributed by atoms with E-state index in [1.807, 2.05) is 0 Å². The minimum absolute atomic E-state index is 0.157. The Labute approximate surface area is 115 Å². The Morgan fingerprint density at radius 3 is 3.00 bits per heavy atom. The second-order valence-corrected chi connectivity index (χ2v) is 6.33. The first-order valence-corrected chi connectivity index (χ1v) is 7.33. The number of benzene rings is 1. The molecule has 2 unspecified atom stereocenters. The average molecular weight is 260 g/mol. The summed E-state index contributed by atoms with van der Waals surface area (Å²) >= 11 is 0. The van der Waals surface area contributed by atoms with Crippen LogP contribution in [0.1, 0.15) is 18.9 Å². The van der Waals surface area contributed by atoms with E-state index in [0.717, 1.165) is 39.3 Å². The van der Waals surface area contributed by atoms with Crippen LogP contribution in [0.5, 0.6) is 0 Å². The van der Waals surface area contributed by atoms with Crippen molar-refractivity contribution in [1.82, 2.24) is 0 Å². The van der Waals surface area contributed by atoms with Gasteiger partial charge in [0.1, 0.15) is 0 Å². The van der Waals surface area contributed by atoms with Gasteiger partial charge in [-0.25, -0.2) is 0 Å². The average Bonchev–Trinajstić information content (AvgIpc) is 2.88. The highest BCUT2D eigenvalue weighted by Crippen LogP contribution is 2.35. The molecule has 0 aliphatic carbocycles. The lowest BCUT2D eigenvalue weighted by Crippen LogP contribution is -2.46. The third-order valence-electron chi connectivity index (χ3n) is 4.58. The molecule has 2 aliphatic rings. The van der Waals surface area contributed by atoms with Crippen molar-refractivity contribution in [2.75, 3.05) is 37.7 Å². The summed E-state index contributed by atoms with van der Waals surface area (Å²) in [6, 6.07) is 8.80. The summed E-state index contributed by atoms with van der Waals surface area (Å²) in [5.41, 5.74) is 9.07. The SMILES string of the molecule is CC1Cc2ccccc2N(CC2(CN)CCOC2)C1. The maximum Gasteiger partial charge on any atom is 0.0552 e. The molecule has 2 aliphatic heterocycles.